The van der Waals surface area contributed by atoms with Gasteiger partial charge >= 0.3 is 6.18 Å². The first-order valence-corrected chi connectivity index (χ1v) is 5.51. The van der Waals surface area contributed by atoms with Gasteiger partial charge in [0.25, 0.3) is 0 Å². The Morgan fingerprint density at radius 1 is 1.33 bits per heavy atom. The van der Waals surface area contributed by atoms with Gasteiger partial charge in [-0.05, 0) is 12.1 Å². The van der Waals surface area contributed by atoms with Gasteiger partial charge in [0.1, 0.15) is 18.3 Å². The molecule has 2 N–H and O–H groups in total. The highest BCUT2D eigenvalue weighted by Gasteiger charge is 2.39. The van der Waals surface area contributed by atoms with E-state index in [0.717, 1.165) is 5.69 Å². The molecule has 18 heavy (non-hydrogen) atoms. The van der Waals surface area contributed by atoms with Gasteiger partial charge in [-0.15, -0.1) is 0 Å². The normalized spacial score (nSPS) is 13.2. The zero-order valence-corrected chi connectivity index (χ0v) is 10.4. The third-order valence-corrected chi connectivity index (χ3v) is 2.53. The molecule has 0 fully saturated rings. The molecule has 0 saturated carbocycles. The molecule has 0 amide bonds. The highest BCUT2D eigenvalue weighted by Crippen LogP contribution is 2.27. The molecule has 0 aliphatic rings. The molecule has 1 aromatic rings. The second kappa shape index (κ2) is 5.95. The minimum atomic E-state index is -4.33. The van der Waals surface area contributed by atoms with Crippen molar-refractivity contribution in [2.45, 2.75) is 6.18 Å². The van der Waals surface area contributed by atoms with Crippen molar-refractivity contribution in [3.8, 4) is 5.75 Å². The molecular weight excluding hydrogens is 245 g/mol. The third-order valence-electron chi connectivity index (χ3n) is 2.53. The molecular formula is C12H17F3N2O. The Kier molecular flexibility index (Phi) is 4.84. The van der Waals surface area contributed by atoms with Crippen molar-refractivity contribution in [1.82, 2.24) is 0 Å². The van der Waals surface area contributed by atoms with Crippen molar-refractivity contribution >= 4 is 5.69 Å². The maximum atomic E-state index is 12.5. The summed E-state index contributed by atoms with van der Waals surface area (Å²) < 4.78 is 42.5. The molecule has 3 nitrogen and oxygen atoms in total. The first-order chi connectivity index (χ1) is 8.34. The number of hydrogen-bond donors (Lipinski definition) is 1. The Bertz CT molecular complexity index is 380. The number of rotatable bonds is 5. The molecule has 0 spiro atoms. The average Bonchev–Trinajstić information content (AvgIpc) is 2.28. The zero-order chi connectivity index (χ0) is 13.8. The van der Waals surface area contributed by atoms with Crippen LogP contribution in [0.25, 0.3) is 0 Å². The van der Waals surface area contributed by atoms with E-state index in [2.05, 4.69) is 0 Å². The highest BCUT2D eigenvalue weighted by atomic mass is 19.4. The van der Waals surface area contributed by atoms with Gasteiger partial charge in [0.2, 0.25) is 0 Å². The summed E-state index contributed by atoms with van der Waals surface area (Å²) in [5.41, 5.74) is 5.96. The van der Waals surface area contributed by atoms with Crippen molar-refractivity contribution in [3.63, 3.8) is 0 Å². The van der Waals surface area contributed by atoms with Crippen LogP contribution in [0.2, 0.25) is 0 Å². The summed E-state index contributed by atoms with van der Waals surface area (Å²) in [7, 11) is 3.69. The highest BCUT2D eigenvalue weighted by molar-refractivity contribution is 5.49. The fourth-order valence-electron chi connectivity index (χ4n) is 1.34. The summed E-state index contributed by atoms with van der Waals surface area (Å²) in [6, 6.07) is 6.88. The van der Waals surface area contributed by atoms with E-state index in [1.165, 1.54) is 0 Å². The number of halogens is 3. The van der Waals surface area contributed by atoms with Crippen molar-refractivity contribution in [1.29, 1.82) is 0 Å². The standard InChI is InChI=1S/C12H17F3N2O/c1-17(2)10-4-3-5-11(6-10)18-8-9(7-16)12(13,14)15/h3-6,9H,7-8,16H2,1-2H3. The smallest absolute Gasteiger partial charge is 0.396 e. The van der Waals surface area contributed by atoms with Crippen LogP contribution in [-0.4, -0.2) is 33.4 Å². The molecule has 0 saturated heterocycles. The number of hydrogen-bond acceptors (Lipinski definition) is 3. The Labute approximate surface area is 104 Å². The molecule has 0 heterocycles. The van der Waals surface area contributed by atoms with Crippen LogP contribution in [0.5, 0.6) is 5.75 Å². The maximum Gasteiger partial charge on any atom is 0.396 e. The lowest BCUT2D eigenvalue weighted by Crippen LogP contribution is -2.35. The minimum Gasteiger partial charge on any atom is -0.493 e. The molecule has 1 unspecified atom stereocenters. The first kappa shape index (κ1) is 14.6. The van der Waals surface area contributed by atoms with E-state index < -0.39 is 25.2 Å². The predicted molar refractivity (Wildman–Crippen MR) is 64.9 cm³/mol. The molecule has 1 atom stereocenters. The second-order valence-electron chi connectivity index (χ2n) is 4.18. The lowest BCUT2D eigenvalue weighted by atomic mass is 10.1. The Morgan fingerprint density at radius 3 is 2.50 bits per heavy atom. The second-order valence-corrected chi connectivity index (χ2v) is 4.18. The lowest BCUT2D eigenvalue weighted by molar-refractivity contribution is -0.178. The van der Waals surface area contributed by atoms with Gasteiger partial charge in [-0.2, -0.15) is 13.2 Å². The molecule has 1 aromatic carbocycles. The number of alkyl halides is 3. The van der Waals surface area contributed by atoms with Crippen LogP contribution in [-0.2, 0) is 0 Å². The fourth-order valence-corrected chi connectivity index (χ4v) is 1.34. The Balaban J connectivity index is 2.65. The number of ether oxygens (including phenoxy) is 1. The largest absolute Gasteiger partial charge is 0.493 e. The van der Waals surface area contributed by atoms with Crippen LogP contribution in [0, 0.1) is 5.92 Å². The quantitative estimate of drug-likeness (QED) is 0.884. The Hall–Kier alpha value is -1.43. The van der Waals surface area contributed by atoms with Gasteiger partial charge in [-0.25, -0.2) is 0 Å². The lowest BCUT2D eigenvalue weighted by Gasteiger charge is -2.19. The van der Waals surface area contributed by atoms with Crippen molar-refractivity contribution < 1.29 is 17.9 Å². The molecule has 1 rings (SSSR count). The van der Waals surface area contributed by atoms with E-state index in [4.69, 9.17) is 10.5 Å². The predicted octanol–water partition coefficient (Wildman–Crippen LogP) is 2.27. The molecule has 0 radical (unpaired) electrons. The van der Waals surface area contributed by atoms with Crippen LogP contribution < -0.4 is 15.4 Å². The summed E-state index contributed by atoms with van der Waals surface area (Å²) >= 11 is 0. The van der Waals surface area contributed by atoms with Crippen LogP contribution >= 0.6 is 0 Å². The monoisotopic (exact) mass is 262 g/mol. The first-order valence-electron chi connectivity index (χ1n) is 5.51. The van der Waals surface area contributed by atoms with Gasteiger partial charge in [0.05, 0.1) is 0 Å². The van der Waals surface area contributed by atoms with Crippen LogP contribution in [0.3, 0.4) is 0 Å². The average molecular weight is 262 g/mol. The maximum absolute atomic E-state index is 12.5. The summed E-state index contributed by atoms with van der Waals surface area (Å²) in [5, 5.41) is 0. The molecule has 0 bridgehead atoms. The molecule has 0 aliphatic heterocycles. The molecule has 0 aliphatic carbocycles. The van der Waals surface area contributed by atoms with Gasteiger partial charge in [-0.3, -0.25) is 0 Å². The summed E-state index contributed by atoms with van der Waals surface area (Å²) in [6.45, 7) is -0.937. The number of nitrogens with zero attached hydrogens (tertiary/aromatic N) is 1. The zero-order valence-electron chi connectivity index (χ0n) is 10.4. The van der Waals surface area contributed by atoms with Gasteiger partial charge in [-0.1, -0.05) is 6.07 Å². The summed E-state index contributed by atoms with van der Waals surface area (Å²) in [5.74, 6) is -1.23. The van der Waals surface area contributed by atoms with Crippen LogP contribution in [0.15, 0.2) is 24.3 Å². The SMILES string of the molecule is CN(C)c1cccc(OCC(CN)C(F)(F)F)c1. The van der Waals surface area contributed by atoms with Crippen LogP contribution in [0.1, 0.15) is 0 Å². The van der Waals surface area contributed by atoms with E-state index in [1.54, 1.807) is 18.2 Å². The fraction of sp³-hybridized carbons (Fsp3) is 0.500. The number of nitrogens with two attached hydrogens (primary N) is 1. The van der Waals surface area contributed by atoms with E-state index in [-0.39, 0.29) is 0 Å². The van der Waals surface area contributed by atoms with Crippen molar-refractivity contribution in [2.24, 2.45) is 11.7 Å². The van der Waals surface area contributed by atoms with E-state index in [9.17, 15) is 13.2 Å². The van der Waals surface area contributed by atoms with E-state index in [1.807, 2.05) is 25.1 Å². The number of anilines is 1. The summed E-state index contributed by atoms with van der Waals surface area (Å²) in [6.07, 6.45) is -4.33. The minimum absolute atomic E-state index is 0.406. The molecule has 102 valence electrons. The van der Waals surface area contributed by atoms with E-state index >= 15 is 0 Å². The summed E-state index contributed by atoms with van der Waals surface area (Å²) in [4.78, 5) is 1.84. The van der Waals surface area contributed by atoms with Crippen LogP contribution in [0.4, 0.5) is 18.9 Å². The van der Waals surface area contributed by atoms with Gasteiger partial charge in [0.15, 0.2) is 0 Å². The molecule has 0 aromatic heterocycles. The van der Waals surface area contributed by atoms with Gasteiger partial charge < -0.3 is 15.4 Å². The topological polar surface area (TPSA) is 38.5 Å². The molecule has 6 heteroatoms. The van der Waals surface area contributed by atoms with E-state index in [0.29, 0.717) is 5.75 Å². The van der Waals surface area contributed by atoms with Gasteiger partial charge in [0, 0.05) is 32.4 Å². The van der Waals surface area contributed by atoms with Crippen molar-refractivity contribution in [2.75, 3.05) is 32.1 Å². The Morgan fingerprint density at radius 2 is 2.00 bits per heavy atom. The van der Waals surface area contributed by atoms with Crippen molar-refractivity contribution in [3.05, 3.63) is 24.3 Å². The number of benzene rings is 1. The third kappa shape index (κ3) is 4.10.